The molecule has 2 aliphatic heterocycles. The lowest BCUT2D eigenvalue weighted by atomic mass is 9.81. The molecule has 8 rings (SSSR count). The molecule has 0 atom stereocenters. The summed E-state index contributed by atoms with van der Waals surface area (Å²) in [6.45, 7) is 14.8. The van der Waals surface area contributed by atoms with Gasteiger partial charge in [0.05, 0.1) is 17.1 Å². The number of amides is 1. The van der Waals surface area contributed by atoms with E-state index in [9.17, 15) is 4.79 Å². The third kappa shape index (κ3) is 7.92. The molecule has 0 bridgehead atoms. The fourth-order valence-corrected chi connectivity index (χ4v) is 12.2. The van der Waals surface area contributed by atoms with E-state index in [2.05, 4.69) is 173 Å². The normalized spacial score (nSPS) is 16.3. The van der Waals surface area contributed by atoms with Crippen molar-refractivity contribution in [2.75, 3.05) is 30.8 Å². The number of benzene rings is 3. The van der Waals surface area contributed by atoms with Crippen LogP contribution in [-0.4, -0.2) is 50.8 Å². The maximum absolute atomic E-state index is 13.4. The summed E-state index contributed by atoms with van der Waals surface area (Å²) >= 11 is 6.67. The number of thioether (sulfide) groups is 1. The van der Waals surface area contributed by atoms with Gasteiger partial charge in [-0.15, -0.1) is 34.4 Å². The first kappa shape index (κ1) is 41.1. The van der Waals surface area contributed by atoms with Gasteiger partial charge in [0.15, 0.2) is 5.71 Å². The number of aryl methyl sites for hydroxylation is 2. The summed E-state index contributed by atoms with van der Waals surface area (Å²) < 4.78 is 11.9. The van der Waals surface area contributed by atoms with E-state index in [4.69, 9.17) is 8.75 Å². The minimum absolute atomic E-state index is 0.0603. The van der Waals surface area contributed by atoms with Crippen LogP contribution in [0.2, 0.25) is 0 Å². The average molecular weight is 855 g/mol. The molecule has 2 aliphatic rings. The Bertz CT molecular complexity index is 2650. The predicted molar refractivity (Wildman–Crippen MR) is 255 cm³/mol. The Morgan fingerprint density at radius 3 is 2.27 bits per heavy atom. The molecule has 0 saturated carbocycles. The van der Waals surface area contributed by atoms with Crippen molar-refractivity contribution < 1.29 is 9.37 Å². The summed E-state index contributed by atoms with van der Waals surface area (Å²) in [5, 5.41) is 3.26. The number of carbonyl (C=O) groups is 1. The number of anilines is 1. The fraction of sp³-hybridized carbons (Fsp3) is 0.306. The fourth-order valence-electron chi connectivity index (χ4n) is 8.56. The summed E-state index contributed by atoms with van der Waals surface area (Å²) in [4.78, 5) is 22.1. The zero-order chi connectivity index (χ0) is 41.3. The van der Waals surface area contributed by atoms with Crippen molar-refractivity contribution in [2.24, 2.45) is 0 Å². The highest BCUT2D eigenvalue weighted by molar-refractivity contribution is 7.99. The lowest BCUT2D eigenvalue weighted by molar-refractivity contribution is -0.401. The minimum atomic E-state index is -0.179. The molecule has 6 aromatic rings. The molecular formula is C49H52N5OS4+. The zero-order valence-corrected chi connectivity index (χ0v) is 38.2. The van der Waals surface area contributed by atoms with E-state index in [0.29, 0.717) is 25.3 Å². The maximum Gasteiger partial charge on any atom is 0.220 e. The summed E-state index contributed by atoms with van der Waals surface area (Å²) in [6, 6.07) is 28.5. The van der Waals surface area contributed by atoms with Crippen LogP contribution in [0.3, 0.4) is 0 Å². The molecule has 10 heteroatoms. The smallest absolute Gasteiger partial charge is 0.220 e. The quantitative estimate of drug-likeness (QED) is 0.0672. The number of hydrogen-bond donors (Lipinski definition) is 1. The molecule has 6 nitrogen and oxygen atoms in total. The highest BCUT2D eigenvalue weighted by atomic mass is 32.2. The van der Waals surface area contributed by atoms with Gasteiger partial charge < -0.3 is 10.2 Å². The van der Waals surface area contributed by atoms with Gasteiger partial charge in [-0.05, 0) is 74.7 Å². The highest BCUT2D eigenvalue weighted by Crippen LogP contribution is 2.48. The van der Waals surface area contributed by atoms with Gasteiger partial charge in [0.1, 0.15) is 18.1 Å². The molecule has 0 spiro atoms. The van der Waals surface area contributed by atoms with Crippen molar-refractivity contribution in [1.29, 1.82) is 0 Å². The van der Waals surface area contributed by atoms with Crippen molar-refractivity contribution in [3.8, 4) is 20.9 Å². The number of carbonyl (C=O) groups excluding carboxylic acids is 1. The van der Waals surface area contributed by atoms with Gasteiger partial charge in [0.2, 0.25) is 11.6 Å². The van der Waals surface area contributed by atoms with Crippen LogP contribution < -0.4 is 10.2 Å². The average Bonchev–Trinajstić information content (AvgIpc) is 4.08. The molecule has 59 heavy (non-hydrogen) atoms. The second kappa shape index (κ2) is 17.2. The minimum Gasteiger partial charge on any atom is -0.354 e. The lowest BCUT2D eigenvalue weighted by Gasteiger charge is -2.27. The number of nitrogens with one attached hydrogen (secondary N) is 1. The first-order valence-corrected chi connectivity index (χ1v) is 23.9. The molecule has 3 aromatic carbocycles. The molecule has 3 aromatic heterocycles. The highest BCUT2D eigenvalue weighted by Gasteiger charge is 2.42. The Kier molecular flexibility index (Phi) is 12.0. The van der Waals surface area contributed by atoms with Crippen molar-refractivity contribution in [2.45, 2.75) is 76.5 Å². The van der Waals surface area contributed by atoms with Crippen molar-refractivity contribution in [1.82, 2.24) is 14.1 Å². The molecule has 5 heterocycles. The topological polar surface area (TPSA) is 61.1 Å². The van der Waals surface area contributed by atoms with Crippen LogP contribution in [0.5, 0.6) is 0 Å². The van der Waals surface area contributed by atoms with Crippen LogP contribution in [0.1, 0.15) is 68.8 Å². The molecule has 0 radical (unpaired) electrons. The monoisotopic (exact) mass is 854 g/mol. The first-order valence-electron chi connectivity index (χ1n) is 20.5. The summed E-state index contributed by atoms with van der Waals surface area (Å²) in [5.41, 5.74) is 11.6. The van der Waals surface area contributed by atoms with E-state index in [1.165, 1.54) is 65.1 Å². The third-order valence-corrected chi connectivity index (χ3v) is 15.8. The van der Waals surface area contributed by atoms with Gasteiger partial charge in [-0.1, -0.05) is 82.3 Å². The molecule has 1 N–H and O–H groups in total. The van der Waals surface area contributed by atoms with Crippen molar-refractivity contribution in [3.63, 3.8) is 0 Å². The maximum atomic E-state index is 13.4. The van der Waals surface area contributed by atoms with Gasteiger partial charge in [-0.3, -0.25) is 4.79 Å². The number of thiophene rings is 2. The van der Waals surface area contributed by atoms with Crippen LogP contribution in [0.25, 0.3) is 31.9 Å². The van der Waals surface area contributed by atoms with Crippen LogP contribution in [0.4, 0.5) is 11.4 Å². The second-order valence-electron chi connectivity index (χ2n) is 16.1. The van der Waals surface area contributed by atoms with Gasteiger partial charge >= 0.3 is 0 Å². The third-order valence-electron chi connectivity index (χ3n) is 11.7. The molecule has 302 valence electrons. The second-order valence-corrected chi connectivity index (χ2v) is 20.1. The Labute approximate surface area is 365 Å². The number of para-hydroxylation sites is 2. The van der Waals surface area contributed by atoms with Gasteiger partial charge in [-0.2, -0.15) is 13.3 Å². The van der Waals surface area contributed by atoms with Crippen LogP contribution in [0, 0.1) is 0 Å². The largest absolute Gasteiger partial charge is 0.354 e. The Morgan fingerprint density at radius 1 is 0.831 bits per heavy atom. The number of allylic oxidation sites excluding steroid dienone is 6. The first-order chi connectivity index (χ1) is 28.5. The summed E-state index contributed by atoms with van der Waals surface area (Å²) in [7, 11) is 2.15. The molecule has 0 saturated heterocycles. The summed E-state index contributed by atoms with van der Waals surface area (Å²) in [5.74, 6) is 0.729. The lowest BCUT2D eigenvalue weighted by Crippen LogP contribution is -2.35. The number of nitrogens with zero attached hydrogens (tertiary/aromatic N) is 4. The standard InChI is InChI=1S/C49H51N5OS4/c1-8-32-23-25-39(57-32)34-31-41(45(47-46(34)51-59-52-47)40-26-24-33(9-2)58-40)56-30-27-44(55)50-28-29-54-38-20-16-14-18-36(38)49(5,6)43(54)22-12-10-11-21-42-48(3,4)35-17-13-15-19-37(35)53(42)7/h10-26,31H,8-9,27-30H2,1-7H3/p+1. The summed E-state index contributed by atoms with van der Waals surface area (Å²) in [6.07, 6.45) is 13.3. The Morgan fingerprint density at radius 2 is 1.53 bits per heavy atom. The van der Waals surface area contributed by atoms with E-state index >= 15 is 0 Å². The van der Waals surface area contributed by atoms with Crippen LogP contribution >= 0.6 is 46.2 Å². The van der Waals surface area contributed by atoms with E-state index in [-0.39, 0.29) is 16.7 Å². The van der Waals surface area contributed by atoms with Gasteiger partial charge in [-0.25, -0.2) is 0 Å². The van der Waals surface area contributed by atoms with Gasteiger partial charge in [0.25, 0.3) is 0 Å². The van der Waals surface area contributed by atoms with Crippen molar-refractivity contribution in [3.05, 3.63) is 136 Å². The number of rotatable bonds is 14. The molecular weight excluding hydrogens is 803 g/mol. The Hall–Kier alpha value is -4.61. The number of aromatic nitrogens is 2. The zero-order valence-electron chi connectivity index (χ0n) is 35.0. The molecule has 0 aliphatic carbocycles. The van der Waals surface area contributed by atoms with Crippen LogP contribution in [0.15, 0.2) is 120 Å². The Balaban J connectivity index is 0.949. The SMILES string of the molecule is CCc1ccc(-c2cc(SCCC(=O)NCCN3/C(=C/C=C/C=C/C4=[N+](C)c5ccccc5C4(C)C)C(C)(C)c4ccccc43)c(-c3ccc(CC)s3)c3nsnc23)s1. The van der Waals surface area contributed by atoms with E-state index in [0.717, 1.165) is 39.9 Å². The van der Waals surface area contributed by atoms with E-state index in [1.54, 1.807) is 11.8 Å². The van der Waals surface area contributed by atoms with E-state index < -0.39 is 0 Å². The van der Waals surface area contributed by atoms with Crippen molar-refractivity contribution >= 4 is 80.2 Å². The predicted octanol–water partition coefficient (Wildman–Crippen LogP) is 12.4. The van der Waals surface area contributed by atoms with Gasteiger partial charge in [0, 0.05) is 95.3 Å². The van der Waals surface area contributed by atoms with Crippen LogP contribution in [-0.2, 0) is 28.5 Å². The molecule has 1 amide bonds. The van der Waals surface area contributed by atoms with E-state index in [1.807, 2.05) is 22.7 Å². The molecule has 0 fully saturated rings. The molecule has 0 unspecified atom stereocenters. The number of hydrogen-bond acceptors (Lipinski definition) is 8. The number of fused-ring (bicyclic) bond motifs is 3.